The molecule has 7 heteroatoms. The van der Waals surface area contributed by atoms with Crippen LogP contribution < -0.4 is 14.8 Å². The first kappa shape index (κ1) is 22.8. The van der Waals surface area contributed by atoms with Crippen LogP contribution in [0.2, 0.25) is 0 Å². The minimum Gasteiger partial charge on any atom is -0.486 e. The molecule has 2 aliphatic rings. The van der Waals surface area contributed by atoms with Crippen LogP contribution in [0.15, 0.2) is 35.7 Å². The molecule has 0 radical (unpaired) electrons. The van der Waals surface area contributed by atoms with Crippen molar-refractivity contribution in [2.75, 3.05) is 32.8 Å². The summed E-state index contributed by atoms with van der Waals surface area (Å²) in [4.78, 5) is 29.1. The number of hydrogen-bond donors (Lipinski definition) is 1. The summed E-state index contributed by atoms with van der Waals surface area (Å²) in [5.74, 6) is 1.51. The summed E-state index contributed by atoms with van der Waals surface area (Å²) in [5.41, 5.74) is 0.609. The quantitative estimate of drug-likeness (QED) is 0.656. The Morgan fingerprint density at radius 1 is 1.12 bits per heavy atom. The number of likely N-dealkylation sites (tertiary alicyclic amines) is 1. The molecular formula is C25H32N2O4S. The number of hydrogen-bond acceptors (Lipinski definition) is 6. The molecule has 0 spiro atoms. The molecule has 1 fully saturated rings. The van der Waals surface area contributed by atoms with E-state index in [9.17, 15) is 9.59 Å². The number of carbonyl (C=O) groups excluding carboxylic acids is 2. The number of fused-ring (bicyclic) bond motifs is 1. The van der Waals surface area contributed by atoms with Crippen molar-refractivity contribution < 1.29 is 19.1 Å². The molecule has 4 rings (SSSR count). The van der Waals surface area contributed by atoms with E-state index in [1.54, 1.807) is 17.4 Å². The molecule has 0 bridgehead atoms. The number of benzene rings is 1. The second-order valence-electron chi connectivity index (χ2n) is 9.66. The lowest BCUT2D eigenvalue weighted by molar-refractivity contribution is -0.124. The van der Waals surface area contributed by atoms with Crippen LogP contribution in [0.5, 0.6) is 11.5 Å². The Hall–Kier alpha value is -2.38. The molecule has 3 heterocycles. The van der Waals surface area contributed by atoms with E-state index in [0.29, 0.717) is 36.8 Å². The normalized spacial score (nSPS) is 18.2. The van der Waals surface area contributed by atoms with Crippen LogP contribution >= 0.6 is 11.3 Å². The number of thiophene rings is 1. The number of ether oxygens (including phenoxy) is 2. The Labute approximate surface area is 193 Å². The minimum atomic E-state index is -0.0659. The molecule has 6 nitrogen and oxygen atoms in total. The van der Waals surface area contributed by atoms with Crippen LogP contribution in [0.1, 0.15) is 54.9 Å². The molecule has 172 valence electrons. The summed E-state index contributed by atoms with van der Waals surface area (Å²) >= 11 is 1.67. The van der Waals surface area contributed by atoms with Crippen LogP contribution in [0.3, 0.4) is 0 Å². The van der Waals surface area contributed by atoms with E-state index >= 15 is 0 Å². The molecule has 1 saturated heterocycles. The van der Waals surface area contributed by atoms with Crippen LogP contribution in [0, 0.1) is 11.3 Å². The summed E-state index contributed by atoms with van der Waals surface area (Å²) in [5, 5.41) is 5.28. The van der Waals surface area contributed by atoms with Gasteiger partial charge in [0.05, 0.1) is 12.6 Å². The molecule has 2 aromatic rings. The Bertz CT molecular complexity index is 943. The van der Waals surface area contributed by atoms with Gasteiger partial charge < -0.3 is 14.8 Å². The molecule has 0 aliphatic carbocycles. The van der Waals surface area contributed by atoms with Crippen molar-refractivity contribution >= 4 is 23.0 Å². The van der Waals surface area contributed by atoms with Crippen molar-refractivity contribution in [2.24, 2.45) is 11.3 Å². The third kappa shape index (κ3) is 5.33. The average molecular weight is 457 g/mol. The lowest BCUT2D eigenvalue weighted by Crippen LogP contribution is -2.45. The molecule has 32 heavy (non-hydrogen) atoms. The fraction of sp³-hybridized carbons (Fsp3) is 0.520. The van der Waals surface area contributed by atoms with Crippen molar-refractivity contribution in [2.45, 2.75) is 39.7 Å². The van der Waals surface area contributed by atoms with Gasteiger partial charge in [0.2, 0.25) is 5.91 Å². The van der Waals surface area contributed by atoms with Gasteiger partial charge in [0.25, 0.3) is 0 Å². The summed E-state index contributed by atoms with van der Waals surface area (Å²) in [7, 11) is 0. The highest BCUT2D eigenvalue weighted by molar-refractivity contribution is 7.10. The number of ketones is 1. The third-order valence-corrected chi connectivity index (χ3v) is 7.09. The summed E-state index contributed by atoms with van der Waals surface area (Å²) in [6.07, 6.45) is 1.52. The SMILES string of the molecule is CC(C)(C)C(NC(=O)CN1CCC(C(=O)c2ccc3c(c2)OCCO3)CC1)c1cccs1. The predicted molar refractivity (Wildman–Crippen MR) is 126 cm³/mol. The van der Waals surface area contributed by atoms with E-state index in [4.69, 9.17) is 9.47 Å². The fourth-order valence-corrected chi connectivity index (χ4v) is 5.39. The van der Waals surface area contributed by atoms with E-state index in [2.05, 4.69) is 37.1 Å². The molecule has 1 N–H and O–H groups in total. The maximum atomic E-state index is 13.0. The molecule has 1 aromatic heterocycles. The van der Waals surface area contributed by atoms with E-state index in [-0.39, 0.29) is 29.1 Å². The van der Waals surface area contributed by atoms with Crippen molar-refractivity contribution in [1.29, 1.82) is 0 Å². The van der Waals surface area contributed by atoms with Gasteiger partial charge in [-0.2, -0.15) is 0 Å². The second-order valence-corrected chi connectivity index (χ2v) is 10.6. The van der Waals surface area contributed by atoms with Crippen LogP contribution in [0.4, 0.5) is 0 Å². The van der Waals surface area contributed by atoms with Gasteiger partial charge in [-0.05, 0) is 61.0 Å². The standard InChI is InChI=1S/C25H32N2O4S/c1-25(2,3)24(21-5-4-14-32-21)26-22(28)16-27-10-8-17(9-11-27)23(29)18-6-7-19-20(15-18)31-13-12-30-19/h4-7,14-15,17,24H,8-13,16H2,1-3H3,(H,26,28). The van der Waals surface area contributed by atoms with Gasteiger partial charge in [0.15, 0.2) is 17.3 Å². The van der Waals surface area contributed by atoms with Crippen molar-refractivity contribution in [1.82, 2.24) is 10.2 Å². The number of Topliss-reactive ketones (excluding diaryl/α,β-unsaturated/α-hetero) is 1. The number of nitrogens with one attached hydrogen (secondary N) is 1. The van der Waals surface area contributed by atoms with Gasteiger partial charge in [0, 0.05) is 16.4 Å². The van der Waals surface area contributed by atoms with Gasteiger partial charge in [-0.25, -0.2) is 0 Å². The molecule has 1 unspecified atom stereocenters. The lowest BCUT2D eigenvalue weighted by atomic mass is 9.85. The number of amides is 1. The zero-order valence-corrected chi connectivity index (χ0v) is 19.9. The zero-order valence-electron chi connectivity index (χ0n) is 19.1. The van der Waals surface area contributed by atoms with Crippen LogP contribution in [0.25, 0.3) is 0 Å². The first-order valence-corrected chi connectivity index (χ1v) is 12.2. The van der Waals surface area contributed by atoms with Crippen molar-refractivity contribution in [3.05, 3.63) is 46.2 Å². The molecule has 1 atom stereocenters. The summed E-state index contributed by atoms with van der Waals surface area (Å²) < 4.78 is 11.2. The first-order valence-electron chi connectivity index (χ1n) is 11.3. The zero-order chi connectivity index (χ0) is 22.7. The van der Waals surface area contributed by atoms with Gasteiger partial charge in [-0.15, -0.1) is 11.3 Å². The average Bonchev–Trinajstić information content (AvgIpc) is 3.31. The van der Waals surface area contributed by atoms with Crippen molar-refractivity contribution in [3.63, 3.8) is 0 Å². The lowest BCUT2D eigenvalue weighted by Gasteiger charge is -2.34. The fourth-order valence-electron chi connectivity index (χ4n) is 4.37. The second kappa shape index (κ2) is 9.63. The molecular weight excluding hydrogens is 424 g/mol. The van der Waals surface area contributed by atoms with Crippen LogP contribution in [-0.2, 0) is 4.79 Å². The largest absolute Gasteiger partial charge is 0.486 e. The van der Waals surface area contributed by atoms with E-state index in [0.717, 1.165) is 25.9 Å². The summed E-state index contributed by atoms with van der Waals surface area (Å²) in [6.45, 7) is 9.33. The predicted octanol–water partition coefficient (Wildman–Crippen LogP) is 4.32. The maximum absolute atomic E-state index is 13.0. The number of nitrogens with zero attached hydrogens (tertiary/aromatic N) is 1. The van der Waals surface area contributed by atoms with Crippen LogP contribution in [-0.4, -0.2) is 49.4 Å². The Morgan fingerprint density at radius 2 is 1.84 bits per heavy atom. The highest BCUT2D eigenvalue weighted by Crippen LogP contribution is 2.35. The summed E-state index contributed by atoms with van der Waals surface area (Å²) in [6, 6.07) is 9.54. The van der Waals surface area contributed by atoms with E-state index < -0.39 is 0 Å². The van der Waals surface area contributed by atoms with Gasteiger partial charge in [0.1, 0.15) is 13.2 Å². The Morgan fingerprint density at radius 3 is 2.50 bits per heavy atom. The minimum absolute atomic E-state index is 0.00988. The Kier molecular flexibility index (Phi) is 6.86. The Balaban J connectivity index is 1.30. The molecule has 1 aromatic carbocycles. The van der Waals surface area contributed by atoms with E-state index in [1.165, 1.54) is 4.88 Å². The highest BCUT2D eigenvalue weighted by Gasteiger charge is 2.31. The van der Waals surface area contributed by atoms with Gasteiger partial charge >= 0.3 is 0 Å². The number of carbonyl (C=O) groups is 2. The first-order chi connectivity index (χ1) is 15.3. The van der Waals surface area contributed by atoms with Gasteiger partial charge in [-0.3, -0.25) is 14.5 Å². The number of piperidine rings is 1. The van der Waals surface area contributed by atoms with E-state index in [1.807, 2.05) is 23.6 Å². The molecule has 0 saturated carbocycles. The topological polar surface area (TPSA) is 67.9 Å². The van der Waals surface area contributed by atoms with Gasteiger partial charge in [-0.1, -0.05) is 26.8 Å². The third-order valence-electron chi connectivity index (χ3n) is 6.15. The van der Waals surface area contributed by atoms with Crippen molar-refractivity contribution in [3.8, 4) is 11.5 Å². The molecule has 1 amide bonds. The smallest absolute Gasteiger partial charge is 0.234 e. The monoisotopic (exact) mass is 456 g/mol. The number of rotatable bonds is 6. The maximum Gasteiger partial charge on any atom is 0.234 e. The highest BCUT2D eigenvalue weighted by atomic mass is 32.1. The molecule has 2 aliphatic heterocycles.